The van der Waals surface area contributed by atoms with Gasteiger partial charge in [0.15, 0.2) is 10.5 Å². The predicted octanol–water partition coefficient (Wildman–Crippen LogP) is 3.94. The van der Waals surface area contributed by atoms with Crippen LogP contribution in [0.25, 0.3) is 10.9 Å². The Morgan fingerprint density at radius 1 is 1.04 bits per heavy atom. The van der Waals surface area contributed by atoms with E-state index in [4.69, 9.17) is 0 Å². The summed E-state index contributed by atoms with van der Waals surface area (Å²) < 4.78 is 15.9. The molecule has 0 radical (unpaired) electrons. The van der Waals surface area contributed by atoms with E-state index in [0.29, 0.717) is 0 Å². The zero-order chi connectivity index (χ0) is 17.1. The van der Waals surface area contributed by atoms with Gasteiger partial charge in [-0.15, -0.1) is 0 Å². The number of aryl methyl sites for hydroxylation is 1. The van der Waals surface area contributed by atoms with Gasteiger partial charge in [-0.2, -0.15) is 0 Å². The molecule has 0 bridgehead atoms. The summed E-state index contributed by atoms with van der Waals surface area (Å²) in [5.41, 5.74) is 6.49. The average Bonchev–Trinajstić information content (AvgIpc) is 2.92. The van der Waals surface area contributed by atoms with E-state index >= 15 is 0 Å². The molecule has 3 unspecified atom stereocenters. The van der Waals surface area contributed by atoms with Crippen LogP contribution in [0, 0.1) is 6.92 Å². The van der Waals surface area contributed by atoms with Crippen LogP contribution in [-0.2, 0) is 24.3 Å². The zero-order valence-corrected chi connectivity index (χ0v) is 15.4. The van der Waals surface area contributed by atoms with Gasteiger partial charge in [-0.05, 0) is 37.3 Å². The van der Waals surface area contributed by atoms with Gasteiger partial charge < -0.3 is 9.12 Å². The van der Waals surface area contributed by atoms with Gasteiger partial charge in [0, 0.05) is 28.6 Å². The molecule has 5 rings (SSSR count). The van der Waals surface area contributed by atoms with Crippen LogP contribution < -0.4 is 0 Å². The summed E-state index contributed by atoms with van der Waals surface area (Å²) in [5, 5.41) is 1.51. The summed E-state index contributed by atoms with van der Waals surface area (Å²) in [7, 11) is 2.14. The highest BCUT2D eigenvalue weighted by Crippen LogP contribution is 2.47. The maximum atomic E-state index is 13.5. The smallest absolute Gasteiger partial charge is 0.169 e. The maximum Gasteiger partial charge on any atom is 0.169 e. The fourth-order valence-corrected chi connectivity index (χ4v) is 6.53. The topological polar surface area (TPSA) is 31.2 Å². The van der Waals surface area contributed by atoms with E-state index in [1.807, 2.05) is 6.07 Å². The van der Waals surface area contributed by atoms with Crippen molar-refractivity contribution < 1.29 is 4.55 Å². The van der Waals surface area contributed by atoms with E-state index in [9.17, 15) is 4.55 Å². The lowest BCUT2D eigenvalue weighted by atomic mass is 10.0. The first-order valence-electron chi connectivity index (χ1n) is 8.88. The highest BCUT2D eigenvalue weighted by Gasteiger charge is 2.45. The SMILES string of the molecule is Cc1ccc2c(c1)c1c3n2CC(c2ccccc2)[S+]([O-])C3CN(C)C1. The number of benzene rings is 2. The third kappa shape index (κ3) is 2.28. The first kappa shape index (κ1) is 15.5. The minimum atomic E-state index is -0.902. The van der Waals surface area contributed by atoms with Gasteiger partial charge in [-0.25, -0.2) is 0 Å². The fraction of sp³-hybridized carbons (Fsp3) is 0.333. The molecule has 2 aliphatic rings. The Labute approximate surface area is 151 Å². The van der Waals surface area contributed by atoms with Crippen LogP contribution in [0.5, 0.6) is 0 Å². The van der Waals surface area contributed by atoms with Crippen molar-refractivity contribution in [2.45, 2.75) is 30.5 Å². The summed E-state index contributed by atoms with van der Waals surface area (Å²) in [6.45, 7) is 4.79. The molecule has 3 aromatic rings. The van der Waals surface area contributed by atoms with Crippen LogP contribution in [-0.4, -0.2) is 27.6 Å². The molecule has 0 aliphatic carbocycles. The van der Waals surface area contributed by atoms with E-state index in [1.165, 1.54) is 33.3 Å². The Bertz CT molecular complexity index is 949. The van der Waals surface area contributed by atoms with Gasteiger partial charge in [0.2, 0.25) is 0 Å². The molecule has 1 aromatic heterocycles. The Morgan fingerprint density at radius 3 is 2.64 bits per heavy atom. The Kier molecular flexibility index (Phi) is 3.49. The first-order chi connectivity index (χ1) is 12.1. The number of hydrogen-bond acceptors (Lipinski definition) is 2. The molecular weight excluding hydrogens is 328 g/mol. The lowest BCUT2D eigenvalue weighted by Crippen LogP contribution is -2.41. The highest BCUT2D eigenvalue weighted by atomic mass is 32.2. The molecule has 0 saturated heterocycles. The lowest BCUT2D eigenvalue weighted by molar-refractivity contribution is 0.295. The van der Waals surface area contributed by atoms with Crippen LogP contribution in [0.15, 0.2) is 48.5 Å². The summed E-state index contributed by atoms with van der Waals surface area (Å²) in [4.78, 5) is 2.32. The Morgan fingerprint density at radius 2 is 1.84 bits per heavy atom. The van der Waals surface area contributed by atoms with Crippen LogP contribution in [0.3, 0.4) is 0 Å². The van der Waals surface area contributed by atoms with Crippen LogP contribution >= 0.6 is 0 Å². The molecule has 3 nitrogen and oxygen atoms in total. The third-order valence-electron chi connectivity index (χ3n) is 5.66. The Balaban J connectivity index is 1.74. The molecule has 0 amide bonds. The van der Waals surface area contributed by atoms with Crippen molar-refractivity contribution in [3.8, 4) is 0 Å². The summed E-state index contributed by atoms with van der Waals surface area (Å²) in [5.74, 6) is 0. The van der Waals surface area contributed by atoms with Crippen molar-refractivity contribution in [1.29, 1.82) is 0 Å². The van der Waals surface area contributed by atoms with Crippen molar-refractivity contribution >= 4 is 22.1 Å². The van der Waals surface area contributed by atoms with Gasteiger partial charge in [0.1, 0.15) is 0 Å². The van der Waals surface area contributed by atoms with Gasteiger partial charge in [-0.3, -0.25) is 4.90 Å². The van der Waals surface area contributed by atoms with Gasteiger partial charge >= 0.3 is 0 Å². The number of likely N-dealkylation sites (N-methyl/N-ethyl adjacent to an activating group) is 1. The van der Waals surface area contributed by atoms with E-state index in [-0.39, 0.29) is 10.5 Å². The van der Waals surface area contributed by atoms with E-state index in [2.05, 4.69) is 65.9 Å². The van der Waals surface area contributed by atoms with Gasteiger partial charge in [0.05, 0.1) is 18.8 Å². The minimum absolute atomic E-state index is 0.0648. The molecule has 0 fully saturated rings. The second-order valence-electron chi connectivity index (χ2n) is 7.41. The molecule has 3 atom stereocenters. The third-order valence-corrected chi connectivity index (χ3v) is 7.57. The molecule has 0 saturated carbocycles. The van der Waals surface area contributed by atoms with Gasteiger partial charge in [0.25, 0.3) is 0 Å². The molecular formula is C21H22N2OS. The molecule has 4 heteroatoms. The second-order valence-corrected chi connectivity index (χ2v) is 9.20. The lowest BCUT2D eigenvalue weighted by Gasteiger charge is -2.39. The van der Waals surface area contributed by atoms with Crippen molar-refractivity contribution in [1.82, 2.24) is 9.47 Å². The van der Waals surface area contributed by atoms with Crippen molar-refractivity contribution in [3.05, 3.63) is 70.9 Å². The standard InChI is InChI=1S/C21H22N2OS/c1-14-8-9-18-16(10-14)17-11-22(2)12-20-21(17)23(18)13-19(25(20)24)15-6-4-3-5-7-15/h3-10,19-20H,11-13H2,1-2H3. The Hall–Kier alpha value is -1.75. The predicted molar refractivity (Wildman–Crippen MR) is 103 cm³/mol. The summed E-state index contributed by atoms with van der Waals surface area (Å²) in [6, 6.07) is 17.1. The fourth-order valence-electron chi connectivity index (χ4n) is 4.52. The number of aromatic nitrogens is 1. The molecule has 25 heavy (non-hydrogen) atoms. The second kappa shape index (κ2) is 5.63. The quantitative estimate of drug-likeness (QED) is 0.623. The monoisotopic (exact) mass is 350 g/mol. The zero-order valence-electron chi connectivity index (χ0n) is 14.6. The normalized spacial score (nSPS) is 26.0. The molecule has 2 aliphatic heterocycles. The van der Waals surface area contributed by atoms with E-state index in [1.54, 1.807) is 0 Å². The number of hydrogen-bond donors (Lipinski definition) is 0. The molecule has 0 N–H and O–H groups in total. The van der Waals surface area contributed by atoms with Crippen molar-refractivity contribution in [2.75, 3.05) is 13.6 Å². The van der Waals surface area contributed by atoms with E-state index < -0.39 is 11.2 Å². The maximum absolute atomic E-state index is 13.5. The first-order valence-corrected chi connectivity index (χ1v) is 10.2. The van der Waals surface area contributed by atoms with Crippen molar-refractivity contribution in [2.24, 2.45) is 0 Å². The van der Waals surface area contributed by atoms with Crippen molar-refractivity contribution in [3.63, 3.8) is 0 Å². The van der Waals surface area contributed by atoms with Crippen LogP contribution in [0.1, 0.15) is 32.9 Å². The number of fused-ring (bicyclic) bond motifs is 3. The molecule has 0 spiro atoms. The number of nitrogens with zero attached hydrogens (tertiary/aromatic N) is 2. The summed E-state index contributed by atoms with van der Waals surface area (Å²) in [6.07, 6.45) is 0. The largest absolute Gasteiger partial charge is 0.615 e. The average molecular weight is 350 g/mol. The minimum Gasteiger partial charge on any atom is -0.615 e. The van der Waals surface area contributed by atoms with Crippen LogP contribution in [0.4, 0.5) is 0 Å². The van der Waals surface area contributed by atoms with E-state index in [0.717, 1.165) is 19.6 Å². The number of rotatable bonds is 1. The van der Waals surface area contributed by atoms with Gasteiger partial charge in [-0.1, -0.05) is 42.0 Å². The molecule has 3 heterocycles. The van der Waals surface area contributed by atoms with Crippen LogP contribution in [0.2, 0.25) is 0 Å². The highest BCUT2D eigenvalue weighted by molar-refractivity contribution is 7.92. The molecule has 128 valence electrons. The molecule has 2 aromatic carbocycles. The summed E-state index contributed by atoms with van der Waals surface area (Å²) >= 11 is -0.902.